The fraction of sp³-hybridized carbons (Fsp3) is 0.944. The van der Waals surface area contributed by atoms with Crippen molar-refractivity contribution < 1.29 is 28.6 Å². The lowest BCUT2D eigenvalue weighted by Gasteiger charge is -2.18. The first-order valence-corrected chi connectivity index (χ1v) is 26.9. The van der Waals surface area contributed by atoms with Crippen molar-refractivity contribution >= 4 is 17.9 Å². The molecule has 1 atom stereocenters. The number of rotatable bonds is 49. The third-order valence-electron chi connectivity index (χ3n) is 12.3. The lowest BCUT2D eigenvalue weighted by atomic mass is 10.0. The van der Waals surface area contributed by atoms with Crippen LogP contribution in [0.4, 0.5) is 0 Å². The zero-order chi connectivity index (χ0) is 43.8. The van der Waals surface area contributed by atoms with E-state index in [1.54, 1.807) is 0 Å². The third kappa shape index (κ3) is 47.5. The second-order valence-corrected chi connectivity index (χ2v) is 19.0. The lowest BCUT2D eigenvalue weighted by molar-refractivity contribution is -0.167. The van der Waals surface area contributed by atoms with Crippen LogP contribution in [0.5, 0.6) is 0 Å². The molecule has 0 radical (unpaired) electrons. The first-order valence-electron chi connectivity index (χ1n) is 26.9. The van der Waals surface area contributed by atoms with Crippen molar-refractivity contribution in [1.82, 2.24) is 0 Å². The molecule has 0 rings (SSSR count). The van der Waals surface area contributed by atoms with Gasteiger partial charge in [-0.05, 0) is 25.2 Å². The Bertz CT molecular complexity index is 903. The van der Waals surface area contributed by atoms with Crippen molar-refractivity contribution in [2.45, 2.75) is 310 Å². The minimum Gasteiger partial charge on any atom is -0.462 e. The molecule has 0 aliphatic carbocycles. The van der Waals surface area contributed by atoms with Crippen LogP contribution >= 0.6 is 0 Å². The number of hydrogen-bond donors (Lipinski definition) is 0. The maximum atomic E-state index is 12.8. The summed E-state index contributed by atoms with van der Waals surface area (Å²) in [6.45, 7) is 8.98. The molecular formula is C54H104O6. The molecule has 0 fully saturated rings. The summed E-state index contributed by atoms with van der Waals surface area (Å²) < 4.78 is 16.7. The van der Waals surface area contributed by atoms with Gasteiger partial charge in [-0.2, -0.15) is 0 Å². The smallest absolute Gasteiger partial charge is 0.306 e. The topological polar surface area (TPSA) is 78.9 Å². The van der Waals surface area contributed by atoms with Crippen LogP contribution in [0.3, 0.4) is 0 Å². The summed E-state index contributed by atoms with van der Waals surface area (Å²) in [4.78, 5) is 37.7. The minimum atomic E-state index is -0.759. The van der Waals surface area contributed by atoms with Crippen LogP contribution in [-0.2, 0) is 28.6 Å². The second kappa shape index (κ2) is 48.4. The Morgan fingerprint density at radius 1 is 0.317 bits per heavy atom. The quantitative estimate of drug-likeness (QED) is 0.0345. The van der Waals surface area contributed by atoms with Crippen LogP contribution in [-0.4, -0.2) is 37.2 Å². The maximum absolute atomic E-state index is 12.8. The maximum Gasteiger partial charge on any atom is 0.306 e. The molecule has 0 aliphatic rings. The van der Waals surface area contributed by atoms with E-state index in [9.17, 15) is 14.4 Å². The SMILES string of the molecule is CCCCCCCCCCCCCCCCCCC(=O)OC[C@H](COC(=O)CCCCCCC)OC(=O)CCCCCCCCCCCCCCCCCCCCC(C)C. The molecule has 0 aliphatic heterocycles. The Morgan fingerprint density at radius 2 is 0.550 bits per heavy atom. The molecule has 0 bridgehead atoms. The van der Waals surface area contributed by atoms with Crippen molar-refractivity contribution in [2.75, 3.05) is 13.2 Å². The first-order chi connectivity index (χ1) is 29.4. The van der Waals surface area contributed by atoms with Crippen LogP contribution in [0.2, 0.25) is 0 Å². The molecule has 0 saturated heterocycles. The molecule has 0 N–H and O–H groups in total. The monoisotopic (exact) mass is 849 g/mol. The molecule has 6 nitrogen and oxygen atoms in total. The van der Waals surface area contributed by atoms with Gasteiger partial charge in [-0.25, -0.2) is 0 Å². The van der Waals surface area contributed by atoms with E-state index in [0.717, 1.165) is 70.1 Å². The number of hydrogen-bond acceptors (Lipinski definition) is 6. The molecule has 0 unspecified atom stereocenters. The minimum absolute atomic E-state index is 0.0635. The normalized spacial score (nSPS) is 11.9. The van der Waals surface area contributed by atoms with Crippen molar-refractivity contribution in [2.24, 2.45) is 5.92 Å². The predicted octanol–water partition coefficient (Wildman–Crippen LogP) is 17.5. The average molecular weight is 849 g/mol. The van der Waals surface area contributed by atoms with Gasteiger partial charge < -0.3 is 14.2 Å². The van der Waals surface area contributed by atoms with Crippen molar-refractivity contribution in [3.63, 3.8) is 0 Å². The van der Waals surface area contributed by atoms with E-state index in [2.05, 4.69) is 27.7 Å². The highest BCUT2D eigenvalue weighted by Gasteiger charge is 2.19. The van der Waals surface area contributed by atoms with E-state index in [4.69, 9.17) is 14.2 Å². The summed E-state index contributed by atoms with van der Waals surface area (Å²) >= 11 is 0. The van der Waals surface area contributed by atoms with Gasteiger partial charge in [0.2, 0.25) is 0 Å². The van der Waals surface area contributed by atoms with Gasteiger partial charge in [0.05, 0.1) is 0 Å². The molecule has 0 aromatic carbocycles. The van der Waals surface area contributed by atoms with E-state index < -0.39 is 6.10 Å². The number of carbonyl (C=O) groups is 3. The summed E-state index contributed by atoms with van der Waals surface area (Å²) in [7, 11) is 0. The van der Waals surface area contributed by atoms with Gasteiger partial charge in [0, 0.05) is 19.3 Å². The van der Waals surface area contributed by atoms with Crippen molar-refractivity contribution in [1.29, 1.82) is 0 Å². The number of unbranched alkanes of at least 4 members (excludes halogenated alkanes) is 36. The van der Waals surface area contributed by atoms with Gasteiger partial charge in [0.15, 0.2) is 6.10 Å². The number of carbonyl (C=O) groups excluding carboxylic acids is 3. The Hall–Kier alpha value is -1.59. The third-order valence-corrected chi connectivity index (χ3v) is 12.3. The molecule has 0 aromatic heterocycles. The Balaban J connectivity index is 4.06. The predicted molar refractivity (Wildman–Crippen MR) is 257 cm³/mol. The van der Waals surface area contributed by atoms with Crippen LogP contribution in [0.1, 0.15) is 304 Å². The highest BCUT2D eigenvalue weighted by molar-refractivity contribution is 5.71. The Labute approximate surface area is 374 Å². The standard InChI is InChI=1S/C54H104O6/c1-5-7-9-11-12-13-14-15-16-22-25-28-31-34-38-42-46-53(56)59-49-51(48-58-52(55)45-41-36-10-8-6-2)60-54(57)47-43-39-35-32-29-26-23-20-18-17-19-21-24-27-30-33-37-40-44-50(3)4/h50-51H,5-49H2,1-4H3/t51-/m0/s1. The molecule has 0 aromatic rings. The Morgan fingerprint density at radius 3 is 0.817 bits per heavy atom. The summed E-state index contributed by atoms with van der Waals surface area (Å²) in [6, 6.07) is 0. The number of ether oxygens (including phenoxy) is 3. The summed E-state index contributed by atoms with van der Waals surface area (Å²) in [6.07, 6.45) is 51.3. The van der Waals surface area contributed by atoms with Gasteiger partial charge in [-0.15, -0.1) is 0 Å². The molecule has 0 heterocycles. The van der Waals surface area contributed by atoms with Crippen LogP contribution in [0.25, 0.3) is 0 Å². The molecular weight excluding hydrogens is 745 g/mol. The van der Waals surface area contributed by atoms with E-state index in [0.29, 0.717) is 19.3 Å². The summed E-state index contributed by atoms with van der Waals surface area (Å²) in [5, 5.41) is 0. The highest BCUT2D eigenvalue weighted by Crippen LogP contribution is 2.18. The van der Waals surface area contributed by atoms with Gasteiger partial charge in [-0.3, -0.25) is 14.4 Å². The van der Waals surface area contributed by atoms with Gasteiger partial charge in [0.25, 0.3) is 0 Å². The van der Waals surface area contributed by atoms with E-state index in [-0.39, 0.29) is 31.1 Å². The van der Waals surface area contributed by atoms with Crippen LogP contribution in [0.15, 0.2) is 0 Å². The zero-order valence-corrected chi connectivity index (χ0v) is 40.9. The van der Waals surface area contributed by atoms with Gasteiger partial charge >= 0.3 is 17.9 Å². The fourth-order valence-corrected chi connectivity index (χ4v) is 8.22. The lowest BCUT2D eigenvalue weighted by Crippen LogP contribution is -2.30. The molecule has 6 heteroatoms. The molecule has 0 spiro atoms. The van der Waals surface area contributed by atoms with Gasteiger partial charge in [0.1, 0.15) is 13.2 Å². The number of esters is 3. The fourth-order valence-electron chi connectivity index (χ4n) is 8.22. The van der Waals surface area contributed by atoms with Crippen LogP contribution < -0.4 is 0 Å². The average Bonchev–Trinajstić information content (AvgIpc) is 3.23. The zero-order valence-electron chi connectivity index (χ0n) is 40.9. The first kappa shape index (κ1) is 58.4. The molecule has 356 valence electrons. The second-order valence-electron chi connectivity index (χ2n) is 19.0. The van der Waals surface area contributed by atoms with Gasteiger partial charge in [-0.1, -0.05) is 265 Å². The summed E-state index contributed by atoms with van der Waals surface area (Å²) in [5.74, 6) is 0.00168. The molecule has 0 saturated carbocycles. The van der Waals surface area contributed by atoms with E-state index in [1.165, 1.54) is 193 Å². The summed E-state index contributed by atoms with van der Waals surface area (Å²) in [5.41, 5.74) is 0. The largest absolute Gasteiger partial charge is 0.462 e. The van der Waals surface area contributed by atoms with Crippen molar-refractivity contribution in [3.8, 4) is 0 Å². The highest BCUT2D eigenvalue weighted by atomic mass is 16.6. The molecule has 0 amide bonds. The van der Waals surface area contributed by atoms with Crippen LogP contribution in [0, 0.1) is 5.92 Å². The Kier molecular flexibility index (Phi) is 47.2. The van der Waals surface area contributed by atoms with E-state index in [1.807, 2.05) is 0 Å². The van der Waals surface area contributed by atoms with E-state index >= 15 is 0 Å². The van der Waals surface area contributed by atoms with Crippen molar-refractivity contribution in [3.05, 3.63) is 0 Å². The molecule has 60 heavy (non-hydrogen) atoms.